The molecule has 0 unspecified atom stereocenters. The Morgan fingerprint density at radius 3 is 0.333 bits per heavy atom. The van der Waals surface area contributed by atoms with Crippen molar-refractivity contribution in [3.63, 3.8) is 0 Å². The van der Waals surface area contributed by atoms with Crippen LogP contribution in [0.3, 0.4) is 0 Å². The van der Waals surface area contributed by atoms with Crippen molar-refractivity contribution in [2.45, 2.75) is 0 Å². The summed E-state index contributed by atoms with van der Waals surface area (Å²) < 4.78 is 0. The van der Waals surface area contributed by atoms with E-state index in [9.17, 15) is 0 Å². The van der Waals surface area contributed by atoms with Crippen LogP contribution in [0.1, 0.15) is 0 Å². The fraction of sp³-hybridized carbons (Fsp3) is 0. The van der Waals surface area contributed by atoms with E-state index >= 15 is 0 Å². The van der Waals surface area contributed by atoms with Gasteiger partial charge in [0.1, 0.15) is 0 Å². The predicted octanol–water partition coefficient (Wildman–Crippen LogP) is -9.68. The second-order valence-electron chi connectivity index (χ2n) is 1.39. The van der Waals surface area contributed by atoms with E-state index in [4.69, 9.17) is 60.3 Å². The minimum absolute atomic E-state index is 0. The minimum atomic E-state index is -2.17. The molecule has 0 saturated carbocycles. The van der Waals surface area contributed by atoms with Crippen LogP contribution >= 0.6 is 0 Å². The molecular weight excluding hydrogens is 274 g/mol. The molecule has 0 aliphatic rings. The summed E-state index contributed by atoms with van der Waals surface area (Å²) in [6.07, 6.45) is 0. The van der Waals surface area contributed by atoms with Gasteiger partial charge in [0.05, 0.1) is 0 Å². The monoisotopic (exact) mass is 290 g/mol. The molecule has 0 amide bonds. The van der Waals surface area contributed by atoms with E-state index in [2.05, 4.69) is 0 Å². The summed E-state index contributed by atoms with van der Waals surface area (Å²) in [4.78, 5) is 0. The quantitative estimate of drug-likeness (QED) is 0.185. The van der Waals surface area contributed by atoms with Gasteiger partial charge in [-0.3, -0.25) is 0 Å². The van der Waals surface area contributed by atoms with Crippen LogP contribution in [-0.4, -0.2) is 125 Å². The van der Waals surface area contributed by atoms with Gasteiger partial charge in [-0.2, -0.15) is 0 Å². The van der Waals surface area contributed by atoms with Gasteiger partial charge in [-0.05, 0) is 0 Å². The maximum atomic E-state index is 7.17. The van der Waals surface area contributed by atoms with Crippen molar-refractivity contribution in [1.29, 1.82) is 0 Å². The molecule has 14 N–H and O–H groups in total. The Morgan fingerprint density at radius 1 is 0.333 bits per heavy atom. The molecule has 0 aromatic heterocycles. The first-order valence-corrected chi connectivity index (χ1v) is 3.10. The average Bonchev–Trinajstić information content (AvgIpc) is 1.76. The molecule has 0 heterocycles. The van der Waals surface area contributed by atoms with Crippen LogP contribution in [-0.2, 0) is 0 Å². The van der Waals surface area contributed by atoms with Gasteiger partial charge in [0, 0.05) is 0 Å². The molecule has 0 fully saturated rings. The molecule has 0 aromatic carbocycles. The summed E-state index contributed by atoms with van der Waals surface area (Å²) in [6.45, 7) is 0. The topological polar surface area (TPSA) is 274 Å². The summed E-state index contributed by atoms with van der Waals surface area (Å²) in [6, 6.07) is 0. The van der Waals surface area contributed by atoms with Gasteiger partial charge in [0.15, 0.2) is 0 Å². The second-order valence-corrected chi connectivity index (χ2v) is 1.39. The van der Waals surface area contributed by atoms with Crippen LogP contribution in [0.5, 0.6) is 0 Å². The van der Waals surface area contributed by atoms with E-state index in [1.807, 2.05) is 0 Å². The first kappa shape index (κ1) is 36.3. The molecule has 0 aliphatic heterocycles. The SMILES string of the molecule is O.OB(O)O.OB(O)O.OB(O)O.OB(O)O.[NaH]. The first-order valence-electron chi connectivity index (χ1n) is 3.10. The standard InChI is InChI=1S/4BH3O3.Na.H2O.H/c4*2-1(3)4;;;/h4*2-4H;;1H2;. The van der Waals surface area contributed by atoms with Gasteiger partial charge >= 0.3 is 58.8 Å². The van der Waals surface area contributed by atoms with Crippen molar-refractivity contribution in [2.75, 3.05) is 0 Å². The van der Waals surface area contributed by atoms with Gasteiger partial charge in [0.25, 0.3) is 0 Å². The molecule has 0 saturated heterocycles. The van der Waals surface area contributed by atoms with Crippen LogP contribution in [0.2, 0.25) is 0 Å². The Hall–Kier alpha value is 0.740. The Morgan fingerprint density at radius 2 is 0.333 bits per heavy atom. The van der Waals surface area contributed by atoms with Gasteiger partial charge in [-0.1, -0.05) is 0 Å². The maximum absolute atomic E-state index is 7.17. The van der Waals surface area contributed by atoms with Crippen molar-refractivity contribution in [2.24, 2.45) is 0 Å². The zero-order chi connectivity index (χ0) is 14.3. The van der Waals surface area contributed by atoms with Crippen LogP contribution in [0.25, 0.3) is 0 Å². The molecule has 0 aromatic rings. The molecule has 18 heteroatoms. The van der Waals surface area contributed by atoms with Crippen LogP contribution in [0, 0.1) is 0 Å². The van der Waals surface area contributed by atoms with E-state index in [1.165, 1.54) is 0 Å². The molecule has 0 radical (unpaired) electrons. The van der Waals surface area contributed by atoms with Gasteiger partial charge < -0.3 is 65.8 Å². The van der Waals surface area contributed by atoms with Crippen molar-refractivity contribution in [3.05, 3.63) is 0 Å². The molecule has 13 nitrogen and oxygen atoms in total. The van der Waals surface area contributed by atoms with Crippen molar-refractivity contribution < 1.29 is 65.8 Å². The Kier molecular flexibility index (Phi) is 61.8. The number of rotatable bonds is 0. The van der Waals surface area contributed by atoms with Crippen LogP contribution < -0.4 is 0 Å². The second kappa shape index (κ2) is 30.6. The van der Waals surface area contributed by atoms with Gasteiger partial charge in [0.2, 0.25) is 0 Å². The molecule has 0 aliphatic carbocycles. The molecule has 0 spiro atoms. The van der Waals surface area contributed by atoms with Gasteiger partial charge in [-0.25, -0.2) is 0 Å². The summed E-state index contributed by atoms with van der Waals surface area (Å²) >= 11 is 0. The van der Waals surface area contributed by atoms with Crippen LogP contribution in [0.4, 0.5) is 0 Å². The van der Waals surface area contributed by atoms with Crippen LogP contribution in [0.15, 0.2) is 0 Å². The van der Waals surface area contributed by atoms with Crippen molar-refractivity contribution >= 4 is 58.8 Å². The summed E-state index contributed by atoms with van der Waals surface area (Å²) in [7, 11) is -8.67. The average molecular weight is 289 g/mol. The number of hydrogen-bond donors (Lipinski definition) is 12. The van der Waals surface area contributed by atoms with Crippen molar-refractivity contribution in [3.8, 4) is 0 Å². The third kappa shape index (κ3) is 7580. The molecule has 18 heavy (non-hydrogen) atoms. The molecule has 0 rings (SSSR count). The zero-order valence-corrected chi connectivity index (χ0v) is 8.18. The Bertz CT molecular complexity index is 62.0. The summed E-state index contributed by atoms with van der Waals surface area (Å²) in [5.41, 5.74) is 0. The summed E-state index contributed by atoms with van der Waals surface area (Å²) in [5, 5.41) is 86.0. The predicted molar refractivity (Wildman–Crippen MR) is 60.4 cm³/mol. The normalized spacial score (nSPS) is 6.00. The summed E-state index contributed by atoms with van der Waals surface area (Å²) in [5.74, 6) is 0. The molecule has 0 atom stereocenters. The van der Waals surface area contributed by atoms with E-state index in [-0.39, 0.29) is 35.0 Å². The third-order valence-corrected chi connectivity index (χ3v) is 0. The zero-order valence-electron chi connectivity index (χ0n) is 8.18. The number of hydrogen-bond acceptors (Lipinski definition) is 12. The Balaban J connectivity index is -0.0000000257. The van der Waals surface area contributed by atoms with Gasteiger partial charge in [-0.15, -0.1) is 0 Å². The first-order chi connectivity index (χ1) is 6.93. The van der Waals surface area contributed by atoms with E-state index < -0.39 is 29.3 Å². The Labute approximate surface area is 125 Å². The third-order valence-electron chi connectivity index (χ3n) is 0. The fourth-order valence-electron chi connectivity index (χ4n) is 0. The molecule has 106 valence electrons. The van der Waals surface area contributed by atoms with E-state index in [0.29, 0.717) is 0 Å². The fourth-order valence-corrected chi connectivity index (χ4v) is 0. The van der Waals surface area contributed by atoms with E-state index in [1.54, 1.807) is 0 Å². The van der Waals surface area contributed by atoms with E-state index in [0.717, 1.165) is 0 Å². The molecular formula is H15B4NaO13. The van der Waals surface area contributed by atoms with Crippen molar-refractivity contribution in [1.82, 2.24) is 0 Å². The molecule has 0 bridgehead atoms.